The highest BCUT2D eigenvalue weighted by Gasteiger charge is 2.34. The standard InChI is InChI=1S/C14H8Cl3F3O/c1-21-12-4-7(2-3-10(12)14(18,19)20)9-5-8(15)6-11(16)13(9)17/h2-6H,1H3. The minimum absolute atomic E-state index is 0.211. The molecule has 0 bridgehead atoms. The van der Waals surface area contributed by atoms with Crippen LogP contribution in [0.25, 0.3) is 11.1 Å². The summed E-state index contributed by atoms with van der Waals surface area (Å²) in [7, 11) is 1.17. The first-order valence-corrected chi connectivity index (χ1v) is 6.77. The van der Waals surface area contributed by atoms with Gasteiger partial charge in [0.05, 0.1) is 22.7 Å². The van der Waals surface area contributed by atoms with Crippen LogP contribution < -0.4 is 4.74 Å². The Kier molecular flexibility index (Phi) is 4.61. The van der Waals surface area contributed by atoms with Crippen molar-refractivity contribution in [3.05, 3.63) is 51.0 Å². The molecule has 2 rings (SSSR count). The summed E-state index contributed by atoms with van der Waals surface area (Å²) in [6.07, 6.45) is -4.50. The lowest BCUT2D eigenvalue weighted by atomic mass is 10.0. The van der Waals surface area contributed by atoms with Crippen molar-refractivity contribution in [3.63, 3.8) is 0 Å². The van der Waals surface area contributed by atoms with Gasteiger partial charge >= 0.3 is 6.18 Å². The van der Waals surface area contributed by atoms with Crippen LogP contribution in [0, 0.1) is 0 Å². The number of hydrogen-bond donors (Lipinski definition) is 0. The third-order valence-electron chi connectivity index (χ3n) is 2.81. The predicted molar refractivity (Wildman–Crippen MR) is 78.5 cm³/mol. The molecule has 2 aromatic carbocycles. The van der Waals surface area contributed by atoms with Crippen LogP contribution in [0.1, 0.15) is 5.56 Å². The third kappa shape index (κ3) is 3.39. The van der Waals surface area contributed by atoms with Crippen LogP contribution in [-0.2, 0) is 6.18 Å². The van der Waals surface area contributed by atoms with Crippen molar-refractivity contribution in [2.24, 2.45) is 0 Å². The molecule has 0 aliphatic heterocycles. The SMILES string of the molecule is COc1cc(-c2cc(Cl)cc(Cl)c2Cl)ccc1C(F)(F)F. The topological polar surface area (TPSA) is 9.23 Å². The van der Waals surface area contributed by atoms with Crippen molar-refractivity contribution in [2.75, 3.05) is 7.11 Å². The van der Waals surface area contributed by atoms with E-state index in [0.29, 0.717) is 16.1 Å². The van der Waals surface area contributed by atoms with Gasteiger partial charge in [0.1, 0.15) is 5.75 Å². The number of benzene rings is 2. The molecule has 0 atom stereocenters. The van der Waals surface area contributed by atoms with Crippen LogP contribution in [-0.4, -0.2) is 7.11 Å². The van der Waals surface area contributed by atoms with Crippen LogP contribution >= 0.6 is 34.8 Å². The van der Waals surface area contributed by atoms with Crippen molar-refractivity contribution in [3.8, 4) is 16.9 Å². The van der Waals surface area contributed by atoms with Crippen molar-refractivity contribution < 1.29 is 17.9 Å². The molecule has 0 heterocycles. The quantitative estimate of drug-likeness (QED) is 0.571. The fourth-order valence-electron chi connectivity index (χ4n) is 1.86. The molecule has 0 unspecified atom stereocenters. The Bertz CT molecular complexity index is 684. The summed E-state index contributed by atoms with van der Waals surface area (Å²) in [4.78, 5) is 0. The summed E-state index contributed by atoms with van der Waals surface area (Å²) < 4.78 is 43.3. The van der Waals surface area contributed by atoms with E-state index in [0.717, 1.165) is 6.07 Å². The van der Waals surface area contributed by atoms with E-state index in [1.165, 1.54) is 31.4 Å². The zero-order chi connectivity index (χ0) is 15.8. The number of halogens is 6. The predicted octanol–water partition coefficient (Wildman–Crippen LogP) is 6.34. The van der Waals surface area contributed by atoms with Gasteiger partial charge < -0.3 is 4.74 Å². The van der Waals surface area contributed by atoms with Gasteiger partial charge in [0.15, 0.2) is 0 Å². The van der Waals surface area contributed by atoms with Gasteiger partial charge in [-0.3, -0.25) is 0 Å². The van der Waals surface area contributed by atoms with Gasteiger partial charge in [-0.15, -0.1) is 0 Å². The molecule has 0 fully saturated rings. The molecule has 1 nitrogen and oxygen atoms in total. The van der Waals surface area contributed by atoms with Gasteiger partial charge in [-0.2, -0.15) is 13.2 Å². The normalized spacial score (nSPS) is 11.6. The van der Waals surface area contributed by atoms with E-state index in [1.807, 2.05) is 0 Å². The Morgan fingerprint density at radius 1 is 1.00 bits per heavy atom. The summed E-state index contributed by atoms with van der Waals surface area (Å²) >= 11 is 17.9. The minimum Gasteiger partial charge on any atom is -0.496 e. The summed E-state index contributed by atoms with van der Waals surface area (Å²) in [5.41, 5.74) is -0.00608. The molecule has 0 aliphatic carbocycles. The second-order valence-corrected chi connectivity index (χ2v) is 5.38. The zero-order valence-corrected chi connectivity index (χ0v) is 12.8. The van der Waals surface area contributed by atoms with E-state index in [-0.39, 0.29) is 15.8 Å². The average molecular weight is 356 g/mol. The Balaban J connectivity index is 2.62. The largest absolute Gasteiger partial charge is 0.496 e. The Morgan fingerprint density at radius 2 is 1.67 bits per heavy atom. The highest BCUT2D eigenvalue weighted by atomic mass is 35.5. The highest BCUT2D eigenvalue weighted by molar-refractivity contribution is 6.45. The maximum Gasteiger partial charge on any atom is 0.419 e. The summed E-state index contributed by atoms with van der Waals surface area (Å²) in [6, 6.07) is 6.45. The first-order valence-electron chi connectivity index (χ1n) is 5.64. The highest BCUT2D eigenvalue weighted by Crippen LogP contribution is 2.41. The average Bonchev–Trinajstić information content (AvgIpc) is 2.41. The first-order chi connectivity index (χ1) is 9.74. The molecule has 112 valence electrons. The third-order valence-corrected chi connectivity index (χ3v) is 3.83. The fraction of sp³-hybridized carbons (Fsp3) is 0.143. The maximum absolute atomic E-state index is 12.8. The van der Waals surface area contributed by atoms with Gasteiger partial charge in [0, 0.05) is 10.6 Å². The number of ether oxygens (including phenoxy) is 1. The minimum atomic E-state index is -4.50. The number of hydrogen-bond acceptors (Lipinski definition) is 1. The lowest BCUT2D eigenvalue weighted by Gasteiger charge is -2.14. The molecule has 0 radical (unpaired) electrons. The molecule has 0 saturated heterocycles. The molecule has 0 spiro atoms. The second kappa shape index (κ2) is 5.95. The van der Waals surface area contributed by atoms with Crippen LogP contribution in [0.2, 0.25) is 15.1 Å². The van der Waals surface area contributed by atoms with E-state index in [4.69, 9.17) is 39.5 Å². The number of alkyl halides is 3. The smallest absolute Gasteiger partial charge is 0.419 e. The van der Waals surface area contributed by atoms with Crippen LogP contribution in [0.4, 0.5) is 13.2 Å². The van der Waals surface area contributed by atoms with Crippen molar-refractivity contribution in [1.82, 2.24) is 0 Å². The Morgan fingerprint density at radius 3 is 2.24 bits per heavy atom. The van der Waals surface area contributed by atoms with Gasteiger partial charge in [0.25, 0.3) is 0 Å². The summed E-state index contributed by atoms with van der Waals surface area (Å²) in [5, 5.41) is 0.763. The summed E-state index contributed by atoms with van der Waals surface area (Å²) in [6.45, 7) is 0. The molecule has 0 aromatic heterocycles. The molecule has 0 saturated carbocycles. The zero-order valence-electron chi connectivity index (χ0n) is 10.6. The summed E-state index contributed by atoms with van der Waals surface area (Å²) in [5.74, 6) is -0.299. The van der Waals surface area contributed by atoms with E-state index in [2.05, 4.69) is 0 Å². The van der Waals surface area contributed by atoms with E-state index in [1.54, 1.807) is 0 Å². The van der Waals surface area contributed by atoms with Crippen molar-refractivity contribution >= 4 is 34.8 Å². The van der Waals surface area contributed by atoms with E-state index < -0.39 is 11.7 Å². The van der Waals surface area contributed by atoms with E-state index >= 15 is 0 Å². The second-order valence-electron chi connectivity index (χ2n) is 4.16. The lowest BCUT2D eigenvalue weighted by molar-refractivity contribution is -0.138. The molecule has 0 N–H and O–H groups in total. The Hall–Kier alpha value is -1.10. The maximum atomic E-state index is 12.8. The van der Waals surface area contributed by atoms with Gasteiger partial charge in [-0.25, -0.2) is 0 Å². The molecule has 0 aliphatic rings. The Labute approximate surface area is 134 Å². The van der Waals surface area contributed by atoms with Crippen molar-refractivity contribution in [2.45, 2.75) is 6.18 Å². The monoisotopic (exact) mass is 354 g/mol. The lowest BCUT2D eigenvalue weighted by Crippen LogP contribution is -2.07. The van der Waals surface area contributed by atoms with Crippen molar-refractivity contribution in [1.29, 1.82) is 0 Å². The van der Waals surface area contributed by atoms with Crippen LogP contribution in [0.3, 0.4) is 0 Å². The number of methoxy groups -OCH3 is 1. The van der Waals surface area contributed by atoms with Gasteiger partial charge in [-0.05, 0) is 29.8 Å². The van der Waals surface area contributed by atoms with Crippen LogP contribution in [0.5, 0.6) is 5.75 Å². The van der Waals surface area contributed by atoms with Gasteiger partial charge in [-0.1, -0.05) is 40.9 Å². The fourth-order valence-corrected chi connectivity index (χ4v) is 2.57. The molecular weight excluding hydrogens is 348 g/mol. The molecule has 0 amide bonds. The molecule has 7 heteroatoms. The first kappa shape index (κ1) is 16.3. The van der Waals surface area contributed by atoms with Crippen LogP contribution in [0.15, 0.2) is 30.3 Å². The molecule has 2 aromatic rings. The molecular formula is C14H8Cl3F3O. The van der Waals surface area contributed by atoms with Gasteiger partial charge in [0.2, 0.25) is 0 Å². The van der Waals surface area contributed by atoms with E-state index in [9.17, 15) is 13.2 Å². The molecule has 21 heavy (non-hydrogen) atoms. The number of rotatable bonds is 2.